The number of carbonyl (C=O) groups is 2. The zero-order valence-electron chi connectivity index (χ0n) is 18.6. The minimum absolute atomic E-state index is 0.0797. The van der Waals surface area contributed by atoms with E-state index in [-0.39, 0.29) is 24.1 Å². The molecule has 2 fully saturated rings. The molecule has 4 aromatic rings. The van der Waals surface area contributed by atoms with Crippen LogP contribution in [0.15, 0.2) is 49.1 Å². The molecule has 1 saturated heterocycles. The van der Waals surface area contributed by atoms with Crippen LogP contribution in [0.25, 0.3) is 16.4 Å². The van der Waals surface area contributed by atoms with Gasteiger partial charge >= 0.3 is 12.2 Å². The number of fused-ring (bicyclic) bond motifs is 2. The second kappa shape index (κ2) is 8.18. The number of nitrogens with zero attached hydrogens (tertiary/aromatic N) is 4. The van der Waals surface area contributed by atoms with Gasteiger partial charge in [-0.3, -0.25) is 15.1 Å². The first-order valence-corrected chi connectivity index (χ1v) is 11.3. The molecule has 184 valence electrons. The highest BCUT2D eigenvalue weighted by atomic mass is 19.4. The molecule has 1 aliphatic heterocycles. The van der Waals surface area contributed by atoms with Crippen molar-refractivity contribution in [1.82, 2.24) is 30.2 Å². The molecule has 3 amide bonds. The molecular formula is C24H19F3N6O3. The highest BCUT2D eigenvalue weighted by molar-refractivity contribution is 6.00. The summed E-state index contributed by atoms with van der Waals surface area (Å²) in [4.78, 5) is 32.3. The fraction of sp³-hybridized carbons (Fsp3) is 0.292. The first-order chi connectivity index (χ1) is 17.3. The summed E-state index contributed by atoms with van der Waals surface area (Å²) < 4.78 is 44.8. The number of aromatic nitrogens is 4. The lowest BCUT2D eigenvalue weighted by atomic mass is 9.98. The molecule has 1 aromatic carbocycles. The van der Waals surface area contributed by atoms with Crippen LogP contribution in [0.5, 0.6) is 5.75 Å². The van der Waals surface area contributed by atoms with E-state index < -0.39 is 30.6 Å². The standard InChI is InChI=1S/C24H19F3N6O3/c25-24(26,27)11-36-20-10-28-8-13-2-1-12(5-15(13)20)14-6-16(14)17-7-19(32-33-4-3-29-21(17)33)18-9-30-23(35)31-22(18)34/h1-5,7-8,10,14,16,18H,6,9,11H2,(H2,30,31,34,35)/t14-,16+,18?/m1/s1. The maximum Gasteiger partial charge on any atom is 0.422 e. The average molecular weight is 496 g/mol. The Hall–Kier alpha value is -4.22. The normalized spacial score (nSPS) is 21.9. The number of rotatable bonds is 5. The molecule has 4 heterocycles. The van der Waals surface area contributed by atoms with E-state index in [1.807, 2.05) is 24.3 Å². The van der Waals surface area contributed by atoms with Crippen molar-refractivity contribution in [2.75, 3.05) is 13.2 Å². The van der Waals surface area contributed by atoms with Gasteiger partial charge in [0.15, 0.2) is 12.3 Å². The van der Waals surface area contributed by atoms with Gasteiger partial charge in [-0.2, -0.15) is 18.3 Å². The monoisotopic (exact) mass is 496 g/mol. The van der Waals surface area contributed by atoms with Crippen LogP contribution in [-0.4, -0.2) is 50.8 Å². The molecule has 0 bridgehead atoms. The lowest BCUT2D eigenvalue weighted by Crippen LogP contribution is -2.51. The SMILES string of the molecule is O=C1NCC(c2cc([C@H]3C[C@@H]3c3ccc4cncc(OCC(F)(F)F)c4c3)c3nccn3n2)C(=O)N1. The molecule has 6 rings (SSSR count). The van der Waals surface area contributed by atoms with Gasteiger partial charge in [0.1, 0.15) is 5.75 Å². The Kier molecular flexibility index (Phi) is 5.06. The van der Waals surface area contributed by atoms with Crippen LogP contribution in [0.1, 0.15) is 41.0 Å². The number of hydrogen-bond acceptors (Lipinski definition) is 6. The van der Waals surface area contributed by atoms with Crippen LogP contribution < -0.4 is 15.4 Å². The summed E-state index contributed by atoms with van der Waals surface area (Å²) in [6.07, 6.45) is 2.55. The number of benzene rings is 1. The number of nitrogens with one attached hydrogen (secondary N) is 2. The van der Waals surface area contributed by atoms with E-state index in [0.717, 1.165) is 17.5 Å². The highest BCUT2D eigenvalue weighted by Crippen LogP contribution is 2.56. The van der Waals surface area contributed by atoms with Crippen LogP contribution >= 0.6 is 0 Å². The summed E-state index contributed by atoms with van der Waals surface area (Å²) in [6.45, 7) is -1.25. The molecule has 0 spiro atoms. The first-order valence-electron chi connectivity index (χ1n) is 11.3. The molecular weight excluding hydrogens is 477 g/mol. The number of halogens is 3. The molecule has 3 aromatic heterocycles. The Morgan fingerprint density at radius 1 is 1.14 bits per heavy atom. The maximum atomic E-state index is 12.7. The number of ether oxygens (including phenoxy) is 1. The van der Waals surface area contributed by atoms with E-state index in [2.05, 4.69) is 25.7 Å². The lowest BCUT2D eigenvalue weighted by molar-refractivity contribution is -0.153. The van der Waals surface area contributed by atoms with Gasteiger partial charge in [0.25, 0.3) is 0 Å². The second-order valence-corrected chi connectivity index (χ2v) is 8.94. The van der Waals surface area contributed by atoms with Gasteiger partial charge in [-0.15, -0.1) is 0 Å². The van der Waals surface area contributed by atoms with Gasteiger partial charge < -0.3 is 10.1 Å². The summed E-state index contributed by atoms with van der Waals surface area (Å²) in [5.74, 6) is -0.785. The van der Waals surface area contributed by atoms with E-state index in [1.165, 1.54) is 6.20 Å². The van der Waals surface area contributed by atoms with Gasteiger partial charge in [0.05, 0.1) is 17.8 Å². The van der Waals surface area contributed by atoms with Crippen LogP contribution in [0.3, 0.4) is 0 Å². The second-order valence-electron chi connectivity index (χ2n) is 8.94. The third-order valence-electron chi connectivity index (χ3n) is 6.54. The molecule has 0 radical (unpaired) electrons. The quantitative estimate of drug-likeness (QED) is 0.438. The number of amides is 3. The van der Waals surface area contributed by atoms with Crippen molar-refractivity contribution in [2.45, 2.75) is 30.4 Å². The van der Waals surface area contributed by atoms with Gasteiger partial charge in [-0.1, -0.05) is 12.1 Å². The largest absolute Gasteiger partial charge is 0.482 e. The fourth-order valence-electron chi connectivity index (χ4n) is 4.74. The summed E-state index contributed by atoms with van der Waals surface area (Å²) >= 11 is 0. The molecule has 3 atom stereocenters. The highest BCUT2D eigenvalue weighted by Gasteiger charge is 2.42. The first kappa shape index (κ1) is 22.3. The molecule has 1 aliphatic carbocycles. The Morgan fingerprint density at radius 2 is 2.00 bits per heavy atom. The number of imide groups is 1. The number of alkyl halides is 3. The lowest BCUT2D eigenvalue weighted by Gasteiger charge is -2.22. The predicted molar refractivity (Wildman–Crippen MR) is 121 cm³/mol. The maximum absolute atomic E-state index is 12.7. The molecule has 9 nitrogen and oxygen atoms in total. The van der Waals surface area contributed by atoms with Crippen LogP contribution in [0, 0.1) is 0 Å². The molecule has 12 heteroatoms. The van der Waals surface area contributed by atoms with Gasteiger partial charge in [0.2, 0.25) is 5.91 Å². The third-order valence-corrected chi connectivity index (χ3v) is 6.54. The molecule has 2 aliphatic rings. The number of urea groups is 1. The Morgan fingerprint density at radius 3 is 2.81 bits per heavy atom. The van der Waals surface area contributed by atoms with Crippen molar-refractivity contribution in [1.29, 1.82) is 0 Å². The van der Waals surface area contributed by atoms with E-state index in [1.54, 1.807) is 23.1 Å². The van der Waals surface area contributed by atoms with Crippen LogP contribution in [0.4, 0.5) is 18.0 Å². The van der Waals surface area contributed by atoms with Crippen molar-refractivity contribution in [3.8, 4) is 5.75 Å². The number of pyridine rings is 1. The van der Waals surface area contributed by atoms with Gasteiger partial charge in [-0.05, 0) is 36.0 Å². The number of imidazole rings is 1. The molecule has 1 saturated carbocycles. The number of carbonyl (C=O) groups excluding carboxylic acids is 2. The van der Waals surface area contributed by atoms with Crippen molar-refractivity contribution in [2.24, 2.45) is 0 Å². The van der Waals surface area contributed by atoms with Crippen molar-refractivity contribution in [3.63, 3.8) is 0 Å². The number of hydrogen-bond donors (Lipinski definition) is 2. The van der Waals surface area contributed by atoms with Crippen LogP contribution in [-0.2, 0) is 4.79 Å². The smallest absolute Gasteiger partial charge is 0.422 e. The van der Waals surface area contributed by atoms with Crippen molar-refractivity contribution >= 4 is 28.4 Å². The summed E-state index contributed by atoms with van der Waals surface area (Å²) in [5.41, 5.74) is 3.07. The van der Waals surface area contributed by atoms with Gasteiger partial charge in [0, 0.05) is 41.5 Å². The molecule has 1 unspecified atom stereocenters. The van der Waals surface area contributed by atoms with E-state index >= 15 is 0 Å². The minimum atomic E-state index is -4.45. The topological polar surface area (TPSA) is 111 Å². The summed E-state index contributed by atoms with van der Waals surface area (Å²) in [6, 6.07) is 6.94. The minimum Gasteiger partial charge on any atom is -0.482 e. The van der Waals surface area contributed by atoms with E-state index in [0.29, 0.717) is 22.1 Å². The van der Waals surface area contributed by atoms with E-state index in [9.17, 15) is 22.8 Å². The average Bonchev–Trinajstić information content (AvgIpc) is 3.49. The van der Waals surface area contributed by atoms with Gasteiger partial charge in [-0.25, -0.2) is 14.3 Å². The van der Waals surface area contributed by atoms with E-state index in [4.69, 9.17) is 4.74 Å². The third kappa shape index (κ3) is 4.08. The zero-order valence-corrected chi connectivity index (χ0v) is 18.6. The summed E-state index contributed by atoms with van der Waals surface area (Å²) in [7, 11) is 0. The van der Waals surface area contributed by atoms with Crippen molar-refractivity contribution in [3.05, 3.63) is 65.9 Å². The van der Waals surface area contributed by atoms with Crippen molar-refractivity contribution < 1.29 is 27.5 Å². The predicted octanol–water partition coefficient (Wildman–Crippen LogP) is 3.41. The molecule has 36 heavy (non-hydrogen) atoms. The Labute approximate surface area is 201 Å². The fourth-order valence-corrected chi connectivity index (χ4v) is 4.74. The Bertz CT molecular complexity index is 1520. The Balaban J connectivity index is 1.32. The summed E-state index contributed by atoms with van der Waals surface area (Å²) in [5, 5.41) is 10.7. The van der Waals surface area contributed by atoms with Crippen LogP contribution in [0.2, 0.25) is 0 Å². The zero-order chi connectivity index (χ0) is 25.0. The molecule has 2 N–H and O–H groups in total.